The van der Waals surface area contributed by atoms with Gasteiger partial charge < -0.3 is 14.5 Å². The van der Waals surface area contributed by atoms with Gasteiger partial charge in [-0.15, -0.1) is 11.3 Å². The molecule has 3 heterocycles. The SMILES string of the molecule is Cc1noc([C@@H]2C[C@@](CC(C)C)(C(=O)O)N(C(=O)c3ccc(C(C)(C)C)c(C)c3)[C@H]2c2nccs2)n1. The lowest BCUT2D eigenvalue weighted by molar-refractivity contribution is -0.150. The molecule has 1 aliphatic heterocycles. The van der Waals surface area contributed by atoms with E-state index < -0.39 is 23.5 Å². The fourth-order valence-electron chi connectivity index (χ4n) is 5.60. The van der Waals surface area contributed by atoms with Crippen LogP contribution in [0.3, 0.4) is 0 Å². The van der Waals surface area contributed by atoms with Crippen LogP contribution in [-0.4, -0.2) is 42.5 Å². The van der Waals surface area contributed by atoms with Crippen LogP contribution in [0.4, 0.5) is 0 Å². The van der Waals surface area contributed by atoms with Crippen LogP contribution in [0.5, 0.6) is 0 Å². The zero-order chi connectivity index (χ0) is 26.4. The fraction of sp³-hybridized carbons (Fsp3) is 0.519. The highest BCUT2D eigenvalue weighted by molar-refractivity contribution is 7.09. The number of carbonyl (C=O) groups is 2. The van der Waals surface area contributed by atoms with Crippen molar-refractivity contribution in [3.05, 3.63) is 63.2 Å². The summed E-state index contributed by atoms with van der Waals surface area (Å²) >= 11 is 1.39. The molecule has 0 unspecified atom stereocenters. The Morgan fingerprint density at radius 3 is 2.50 bits per heavy atom. The quantitative estimate of drug-likeness (QED) is 0.454. The maximum atomic E-state index is 14.3. The van der Waals surface area contributed by atoms with Crippen LogP contribution in [0.1, 0.15) is 97.6 Å². The zero-order valence-electron chi connectivity index (χ0n) is 21.9. The van der Waals surface area contributed by atoms with Crippen molar-refractivity contribution in [2.24, 2.45) is 5.92 Å². The second kappa shape index (κ2) is 9.42. The number of hydrogen-bond donors (Lipinski definition) is 1. The molecule has 0 aliphatic carbocycles. The smallest absolute Gasteiger partial charge is 0.329 e. The van der Waals surface area contributed by atoms with Crippen LogP contribution in [0.25, 0.3) is 0 Å². The third kappa shape index (κ3) is 4.56. The van der Waals surface area contributed by atoms with Gasteiger partial charge in [-0.2, -0.15) is 4.98 Å². The third-order valence-corrected chi connectivity index (χ3v) is 7.73. The molecule has 0 saturated carbocycles. The van der Waals surface area contributed by atoms with Crippen LogP contribution in [0.15, 0.2) is 34.3 Å². The first-order valence-electron chi connectivity index (χ1n) is 12.2. The monoisotopic (exact) mass is 510 g/mol. The molecular formula is C27H34N4O4S. The van der Waals surface area contributed by atoms with E-state index >= 15 is 0 Å². The molecule has 1 N–H and O–H groups in total. The Balaban J connectivity index is 1.91. The molecule has 1 amide bonds. The number of nitrogens with zero attached hydrogens (tertiary/aromatic N) is 4. The van der Waals surface area contributed by atoms with Crippen molar-refractivity contribution in [1.82, 2.24) is 20.0 Å². The van der Waals surface area contributed by atoms with Crippen molar-refractivity contribution < 1.29 is 19.2 Å². The second-order valence-electron chi connectivity index (χ2n) is 11.2. The van der Waals surface area contributed by atoms with Crippen molar-refractivity contribution in [2.75, 3.05) is 0 Å². The van der Waals surface area contributed by atoms with Gasteiger partial charge in [0.25, 0.3) is 5.91 Å². The van der Waals surface area contributed by atoms with E-state index in [0.29, 0.717) is 28.7 Å². The minimum Gasteiger partial charge on any atom is -0.479 e. The van der Waals surface area contributed by atoms with Gasteiger partial charge in [-0.05, 0) is 61.3 Å². The molecule has 9 heteroatoms. The van der Waals surface area contributed by atoms with E-state index in [0.717, 1.165) is 11.1 Å². The Morgan fingerprint density at radius 1 is 1.28 bits per heavy atom. The number of carboxylic acids is 1. The Bertz CT molecular complexity index is 1260. The predicted molar refractivity (Wildman–Crippen MR) is 137 cm³/mol. The number of aryl methyl sites for hydroxylation is 2. The lowest BCUT2D eigenvalue weighted by atomic mass is 9.82. The Hall–Kier alpha value is -3.07. The highest BCUT2D eigenvalue weighted by Gasteiger charge is 2.61. The van der Waals surface area contributed by atoms with Gasteiger partial charge in [-0.3, -0.25) is 4.79 Å². The highest BCUT2D eigenvalue weighted by atomic mass is 32.1. The van der Waals surface area contributed by atoms with Crippen molar-refractivity contribution in [3.8, 4) is 0 Å². The molecule has 4 rings (SSSR count). The van der Waals surface area contributed by atoms with Gasteiger partial charge in [0.1, 0.15) is 10.5 Å². The number of amides is 1. The number of likely N-dealkylation sites (tertiary alicyclic amines) is 1. The number of hydrogen-bond acceptors (Lipinski definition) is 7. The molecule has 192 valence electrons. The van der Waals surface area contributed by atoms with Gasteiger partial charge in [0, 0.05) is 17.1 Å². The molecule has 1 fully saturated rings. The Morgan fingerprint density at radius 2 is 2.00 bits per heavy atom. The molecule has 3 atom stereocenters. The van der Waals surface area contributed by atoms with Gasteiger partial charge in [0.2, 0.25) is 5.89 Å². The van der Waals surface area contributed by atoms with Gasteiger partial charge in [0.05, 0.1) is 12.0 Å². The second-order valence-corrected chi connectivity index (χ2v) is 12.1. The maximum absolute atomic E-state index is 14.3. The van der Waals surface area contributed by atoms with E-state index in [9.17, 15) is 14.7 Å². The topological polar surface area (TPSA) is 109 Å². The fourth-order valence-corrected chi connectivity index (χ4v) is 6.39. The summed E-state index contributed by atoms with van der Waals surface area (Å²) in [5, 5.41) is 17.1. The molecule has 1 aliphatic rings. The van der Waals surface area contributed by atoms with Crippen molar-refractivity contribution in [2.45, 2.75) is 84.2 Å². The molecule has 0 radical (unpaired) electrons. The number of rotatable bonds is 6. The maximum Gasteiger partial charge on any atom is 0.329 e. The molecule has 8 nitrogen and oxygen atoms in total. The molecule has 3 aromatic rings. The molecule has 1 saturated heterocycles. The first-order valence-corrected chi connectivity index (χ1v) is 13.1. The first-order chi connectivity index (χ1) is 16.8. The number of carboxylic acid groups (broad SMARTS) is 1. The van der Waals surface area contributed by atoms with Gasteiger partial charge >= 0.3 is 5.97 Å². The van der Waals surface area contributed by atoms with Crippen LogP contribution in [0, 0.1) is 19.8 Å². The summed E-state index contributed by atoms with van der Waals surface area (Å²) in [5.41, 5.74) is 1.06. The summed E-state index contributed by atoms with van der Waals surface area (Å²) in [6.07, 6.45) is 2.13. The van der Waals surface area contributed by atoms with Gasteiger partial charge in [-0.1, -0.05) is 45.8 Å². The normalized spacial score (nSPS) is 22.4. The van der Waals surface area contributed by atoms with Crippen molar-refractivity contribution in [3.63, 3.8) is 0 Å². The average Bonchev–Trinajstić information content (AvgIpc) is 3.50. The molecule has 1 aromatic carbocycles. The van der Waals surface area contributed by atoms with Gasteiger partial charge in [0.15, 0.2) is 5.82 Å². The van der Waals surface area contributed by atoms with Gasteiger partial charge in [-0.25, -0.2) is 9.78 Å². The Kier molecular flexibility index (Phi) is 6.81. The van der Waals surface area contributed by atoms with Crippen LogP contribution in [0.2, 0.25) is 0 Å². The summed E-state index contributed by atoms with van der Waals surface area (Å²) in [7, 11) is 0. The number of carbonyl (C=O) groups excluding carboxylic acids is 1. The lowest BCUT2D eigenvalue weighted by Crippen LogP contribution is -2.54. The molecule has 0 spiro atoms. The summed E-state index contributed by atoms with van der Waals surface area (Å²) in [6.45, 7) is 14.0. The van der Waals surface area contributed by atoms with Crippen LogP contribution in [-0.2, 0) is 10.2 Å². The number of benzene rings is 1. The van der Waals surface area contributed by atoms with E-state index in [4.69, 9.17) is 4.52 Å². The summed E-state index contributed by atoms with van der Waals surface area (Å²) < 4.78 is 5.55. The average molecular weight is 511 g/mol. The molecule has 2 aromatic heterocycles. The Labute approximate surface area is 215 Å². The highest BCUT2D eigenvalue weighted by Crippen LogP contribution is 2.54. The standard InChI is InChI=1S/C27H34N4O4S/c1-15(2)13-27(25(33)34)14-19(22-29-17(4)30-35-22)21(23-28-10-11-36-23)31(27)24(32)18-8-9-20(16(3)12-18)26(5,6)7/h8-12,15,19,21H,13-14H2,1-7H3,(H,33,34)/t19-,21-,27+/m1/s1. The predicted octanol–water partition coefficient (Wildman–Crippen LogP) is 5.68. The minimum absolute atomic E-state index is 0.0292. The van der Waals surface area contributed by atoms with Crippen molar-refractivity contribution in [1.29, 1.82) is 0 Å². The minimum atomic E-state index is -1.45. The lowest BCUT2D eigenvalue weighted by Gasteiger charge is -2.38. The van der Waals surface area contributed by atoms with E-state index in [1.807, 2.05) is 38.3 Å². The van der Waals surface area contributed by atoms with Crippen LogP contribution < -0.4 is 0 Å². The van der Waals surface area contributed by atoms with E-state index in [2.05, 4.69) is 35.9 Å². The van der Waals surface area contributed by atoms with E-state index in [-0.39, 0.29) is 23.7 Å². The van der Waals surface area contributed by atoms with Crippen LogP contribution >= 0.6 is 11.3 Å². The zero-order valence-corrected chi connectivity index (χ0v) is 22.7. The van der Waals surface area contributed by atoms with E-state index in [1.165, 1.54) is 11.3 Å². The molecule has 36 heavy (non-hydrogen) atoms. The molecule has 0 bridgehead atoms. The van der Waals surface area contributed by atoms with Crippen molar-refractivity contribution >= 4 is 23.2 Å². The summed E-state index contributed by atoms with van der Waals surface area (Å²) in [4.78, 5) is 37.9. The number of aliphatic carboxylic acids is 1. The molecular weight excluding hydrogens is 476 g/mol. The first kappa shape index (κ1) is 26.0. The summed E-state index contributed by atoms with van der Waals surface area (Å²) in [5.74, 6) is -1.04. The number of aromatic nitrogens is 3. The largest absolute Gasteiger partial charge is 0.479 e. The third-order valence-electron chi connectivity index (χ3n) is 6.89. The number of thiazole rings is 1. The summed E-state index contributed by atoms with van der Waals surface area (Å²) in [6, 6.07) is 5.00. The van der Waals surface area contributed by atoms with E-state index in [1.54, 1.807) is 24.1 Å².